The molecule has 0 amide bonds. The minimum Gasteiger partial charge on any atom is -0.508 e. The van der Waals surface area contributed by atoms with Gasteiger partial charge in [0.25, 0.3) is 0 Å². The lowest BCUT2D eigenvalue weighted by molar-refractivity contribution is 0.443. The number of aromatic hydroxyl groups is 6. The molecule has 0 unspecified atom stereocenters. The monoisotopic (exact) mass is 1610 g/mol. The van der Waals surface area contributed by atoms with Gasteiger partial charge in [-0.1, -0.05) is 206 Å². The summed E-state index contributed by atoms with van der Waals surface area (Å²) in [6, 6.07) is 135. The SMILES string of the molecule is CC(C)(C)c1ccc([S+](c2ccccc2)c2ccc(C(C)(C)C)cc2)cc1.Oc1ccc([S+](c2ccc(O)cc2)c2ccc(O)cc2)cc1.Oc1ccc([S+](c2ccccc2)c2ccc(O)cc2)cc1.Oc1ccc([S+](c2ccccc2)c2ccccc2)cc1.c1ccc([S+](c2ccccc2)c2ccc(C3CCCCC3)cc2)cc1. The van der Waals surface area contributed by atoms with Gasteiger partial charge in [0.15, 0.2) is 73.4 Å². The van der Waals surface area contributed by atoms with E-state index in [9.17, 15) is 30.6 Å². The topological polar surface area (TPSA) is 121 Å². The highest BCUT2D eigenvalue weighted by atomic mass is 32.2. The quantitative estimate of drug-likeness (QED) is 0.0536. The summed E-state index contributed by atoms with van der Waals surface area (Å²) in [5.41, 5.74) is 4.65. The summed E-state index contributed by atoms with van der Waals surface area (Å²) < 4.78 is 0. The highest BCUT2D eigenvalue weighted by Gasteiger charge is 2.34. The van der Waals surface area contributed by atoms with E-state index in [0.29, 0.717) is 5.75 Å². The molecule has 0 aromatic heterocycles. The van der Waals surface area contributed by atoms with Gasteiger partial charge in [-0.3, -0.25) is 0 Å². The van der Waals surface area contributed by atoms with Gasteiger partial charge in [-0.2, -0.15) is 0 Å². The van der Waals surface area contributed by atoms with Crippen molar-refractivity contribution in [2.75, 3.05) is 0 Å². The molecule has 0 spiro atoms. The first-order valence-corrected chi connectivity index (χ1v) is 45.0. The van der Waals surface area contributed by atoms with E-state index in [0.717, 1.165) is 30.4 Å². The molecule has 1 aliphatic carbocycles. The van der Waals surface area contributed by atoms with E-state index in [4.69, 9.17) is 0 Å². The van der Waals surface area contributed by atoms with E-state index in [-0.39, 0.29) is 94.1 Å². The van der Waals surface area contributed by atoms with Crippen molar-refractivity contribution >= 4 is 54.5 Å². The van der Waals surface area contributed by atoms with Crippen molar-refractivity contribution in [1.29, 1.82) is 0 Å². The third kappa shape index (κ3) is 23.5. The van der Waals surface area contributed by atoms with Gasteiger partial charge in [0.1, 0.15) is 34.5 Å². The molecule has 1 saturated carbocycles. The Balaban J connectivity index is 0.000000133. The van der Waals surface area contributed by atoms with Crippen LogP contribution in [0.4, 0.5) is 0 Å². The second-order valence-electron chi connectivity index (χ2n) is 29.8. The smallest absolute Gasteiger partial charge is 0.166 e. The number of rotatable bonds is 16. The van der Waals surface area contributed by atoms with Gasteiger partial charge >= 0.3 is 0 Å². The van der Waals surface area contributed by atoms with Crippen molar-refractivity contribution in [1.82, 2.24) is 0 Å². The normalized spacial score (nSPS) is 12.1. The van der Waals surface area contributed by atoms with Crippen molar-refractivity contribution in [2.45, 2.75) is 164 Å². The van der Waals surface area contributed by atoms with Gasteiger partial charge in [0.05, 0.1) is 54.5 Å². The molecule has 1 fully saturated rings. The summed E-state index contributed by atoms with van der Waals surface area (Å²) in [6.45, 7) is 13.6. The van der Waals surface area contributed by atoms with E-state index >= 15 is 0 Å². The third-order valence-electron chi connectivity index (χ3n) is 19.4. The lowest BCUT2D eigenvalue weighted by atomic mass is 9.84. The van der Waals surface area contributed by atoms with Crippen molar-refractivity contribution in [3.8, 4) is 34.5 Å². The molecule has 0 saturated heterocycles. The number of phenols is 6. The molecule has 6 N–H and O–H groups in total. The largest absolute Gasteiger partial charge is 0.508 e. The summed E-state index contributed by atoms with van der Waals surface area (Å²) in [7, 11) is -0.873. The van der Waals surface area contributed by atoms with E-state index < -0.39 is 0 Å². The van der Waals surface area contributed by atoms with E-state index in [1.165, 1.54) is 97.7 Å². The fourth-order valence-electron chi connectivity index (χ4n) is 13.4. The van der Waals surface area contributed by atoms with Crippen LogP contribution in [0.1, 0.15) is 96.3 Å². The first-order chi connectivity index (χ1) is 55.8. The highest BCUT2D eigenvalue weighted by Crippen LogP contribution is 2.40. The fourth-order valence-corrected chi connectivity index (χ4v) is 23.7. The molecule has 0 atom stereocenters. The molecule has 11 heteroatoms. The number of hydrogen-bond acceptors (Lipinski definition) is 6. The van der Waals surface area contributed by atoms with Gasteiger partial charge in [0, 0.05) is 0 Å². The molecular weight excluding hydrogens is 1510 g/mol. The third-order valence-corrected chi connectivity index (χ3v) is 30.6. The predicted octanol–water partition coefficient (Wildman–Crippen LogP) is 26.8. The van der Waals surface area contributed by atoms with E-state index in [1.54, 1.807) is 72.8 Å². The number of benzene rings is 15. The Morgan fingerprint density at radius 2 is 0.330 bits per heavy atom. The van der Waals surface area contributed by atoms with Crippen molar-refractivity contribution in [2.24, 2.45) is 0 Å². The maximum absolute atomic E-state index is 9.49. The molecule has 16 rings (SSSR count). The molecule has 15 aromatic carbocycles. The molecule has 6 nitrogen and oxygen atoms in total. The van der Waals surface area contributed by atoms with Gasteiger partial charge in [-0.15, -0.1) is 0 Å². The zero-order valence-electron chi connectivity index (χ0n) is 65.9. The molecule has 15 aromatic rings. The standard InChI is InChI=1S/C26H31S.C24H25S.C18H14O3S.C18H14O2S.C18H14OS/c1-25(2,3)20-12-16-23(17-13-20)27(22-10-8-7-9-11-22)24-18-14-21(15-19-24)26(4,5)6;1-4-10-20(11-5-1)21-16-18-24(19-17-21)25(22-12-6-2-7-13-22)23-14-8-3-9-15-23;19-13-1-7-16(8-2-13)22(17-9-3-14(20)4-10-17)18-11-5-15(21)6-12-18;19-14-6-10-17(11-7-14)21(16-4-2-1-3-5-16)18-12-8-15(20)9-13-18;19-15-11-13-18(14-12-15)20(16-7-3-1-4-8-16)17-9-5-2-6-10-17/h7-19H,1-6H3;2-3,6-9,12-20H,1,4-5,10-11H2;1-12H,(H2-,19,20,21);1-13H,(H-,19,20);1-14H/q2*+1;;;/p+3. The molecule has 1 aliphatic rings. The lowest BCUT2D eigenvalue weighted by Gasteiger charge is -2.22. The summed E-state index contributed by atoms with van der Waals surface area (Å²) in [6.07, 6.45) is 6.93. The van der Waals surface area contributed by atoms with Crippen molar-refractivity contribution in [3.05, 3.63) is 417 Å². The Kier molecular flexibility index (Phi) is 29.5. The average molecular weight is 1610 g/mol. The minimum absolute atomic E-state index is 0.0278. The van der Waals surface area contributed by atoms with Crippen LogP contribution in [-0.4, -0.2) is 30.6 Å². The number of hydrogen-bond donors (Lipinski definition) is 6. The maximum atomic E-state index is 9.49. The van der Waals surface area contributed by atoms with Crippen molar-refractivity contribution in [3.63, 3.8) is 0 Å². The minimum atomic E-state index is -0.373. The van der Waals surface area contributed by atoms with Crippen LogP contribution in [0.15, 0.2) is 474 Å². The summed E-state index contributed by atoms with van der Waals surface area (Å²) in [5, 5.41) is 56.9. The second-order valence-corrected chi connectivity index (χ2v) is 40.0. The zero-order chi connectivity index (χ0) is 80.5. The van der Waals surface area contributed by atoms with Gasteiger partial charge in [-0.05, 0) is 301 Å². The second kappa shape index (κ2) is 40.7. The van der Waals surface area contributed by atoms with Crippen LogP contribution in [-0.2, 0) is 65.3 Å². The van der Waals surface area contributed by atoms with Crippen molar-refractivity contribution < 1.29 is 30.6 Å². The average Bonchev–Trinajstić information content (AvgIpc) is 0.656. The molecule has 578 valence electrons. The van der Waals surface area contributed by atoms with E-state index in [1.807, 2.05) is 103 Å². The Morgan fingerprint density at radius 1 is 0.183 bits per heavy atom. The van der Waals surface area contributed by atoms with Crippen LogP contribution < -0.4 is 0 Å². The van der Waals surface area contributed by atoms with Crippen LogP contribution in [0.3, 0.4) is 0 Å². The molecule has 115 heavy (non-hydrogen) atoms. The molecule has 0 radical (unpaired) electrons. The van der Waals surface area contributed by atoms with Crippen LogP contribution in [0.5, 0.6) is 34.5 Å². The highest BCUT2D eigenvalue weighted by molar-refractivity contribution is 7.98. The molecule has 0 bridgehead atoms. The first-order valence-electron chi connectivity index (χ1n) is 38.9. The van der Waals surface area contributed by atoms with Gasteiger partial charge in [-0.25, -0.2) is 0 Å². The lowest BCUT2D eigenvalue weighted by Crippen LogP contribution is -2.12. The van der Waals surface area contributed by atoms with E-state index in [2.05, 4.69) is 266 Å². The fraction of sp³-hybridized carbons (Fsp3) is 0.135. The van der Waals surface area contributed by atoms with Crippen LogP contribution in [0.2, 0.25) is 0 Å². The Morgan fingerprint density at radius 3 is 0.496 bits per heavy atom. The zero-order valence-corrected chi connectivity index (χ0v) is 70.0. The molecular formula is C104H101O6S5+5. The Labute approximate surface area is 695 Å². The predicted molar refractivity (Wildman–Crippen MR) is 481 cm³/mol. The number of phenolic OH excluding ortho intramolecular Hbond substituents is 6. The summed E-state index contributed by atoms with van der Waals surface area (Å²) in [4.78, 5) is 18.7. The van der Waals surface area contributed by atoms with Gasteiger partial charge in [0.2, 0.25) is 0 Å². The Bertz CT molecular complexity index is 5060. The Hall–Kier alpha value is -11.2. The molecule has 0 heterocycles. The van der Waals surface area contributed by atoms with Crippen LogP contribution in [0.25, 0.3) is 0 Å². The van der Waals surface area contributed by atoms with Crippen LogP contribution in [0, 0.1) is 0 Å². The first kappa shape index (κ1) is 83.3. The molecule has 0 aliphatic heterocycles. The summed E-state index contributed by atoms with van der Waals surface area (Å²) >= 11 is 0. The summed E-state index contributed by atoms with van der Waals surface area (Å²) in [5.74, 6) is 2.29. The maximum Gasteiger partial charge on any atom is 0.166 e. The van der Waals surface area contributed by atoms with Crippen LogP contribution >= 0.6 is 0 Å². The van der Waals surface area contributed by atoms with Gasteiger partial charge < -0.3 is 30.6 Å².